The van der Waals surface area contributed by atoms with Gasteiger partial charge in [0.1, 0.15) is 17.4 Å². The Hall–Kier alpha value is -3.39. The van der Waals surface area contributed by atoms with Gasteiger partial charge in [0.15, 0.2) is 5.82 Å². The number of rotatable bonds is 4. The maximum absolute atomic E-state index is 13.3. The average molecular weight is 332 g/mol. The molecule has 0 saturated heterocycles. The van der Waals surface area contributed by atoms with Crippen LogP contribution in [0.4, 0.5) is 10.2 Å². The first-order chi connectivity index (χ1) is 12.1. The van der Waals surface area contributed by atoms with Gasteiger partial charge in [-0.15, -0.1) is 0 Å². The monoisotopic (exact) mass is 332 g/mol. The second kappa shape index (κ2) is 7.02. The number of nitriles is 1. The van der Waals surface area contributed by atoms with Gasteiger partial charge in [-0.1, -0.05) is 30.3 Å². The number of benzene rings is 2. The predicted molar refractivity (Wildman–Crippen MR) is 97.7 cm³/mol. The van der Waals surface area contributed by atoms with Gasteiger partial charge in [0.2, 0.25) is 0 Å². The van der Waals surface area contributed by atoms with Crippen molar-refractivity contribution in [2.24, 2.45) is 4.99 Å². The molecule has 3 rings (SSSR count). The molecular formula is C20H17FN4. The lowest BCUT2D eigenvalue weighted by Crippen LogP contribution is -2.07. The summed E-state index contributed by atoms with van der Waals surface area (Å²) in [7, 11) is 3.72. The van der Waals surface area contributed by atoms with Gasteiger partial charge in [0.05, 0.1) is 6.34 Å². The molecule has 5 heteroatoms. The standard InChI is InChI=1S/C20H17FN4/c1-24(2)14-23-20-18(12-22)19(15-6-4-3-5-7-15)13-25(20)17-10-8-16(21)9-11-17/h3-11,13-14H,1-2H3. The van der Waals surface area contributed by atoms with Gasteiger partial charge >= 0.3 is 0 Å². The van der Waals surface area contributed by atoms with E-state index < -0.39 is 0 Å². The Morgan fingerprint density at radius 3 is 2.36 bits per heavy atom. The van der Waals surface area contributed by atoms with Crippen LogP contribution >= 0.6 is 0 Å². The Morgan fingerprint density at radius 2 is 1.76 bits per heavy atom. The fourth-order valence-corrected chi connectivity index (χ4v) is 2.54. The number of aliphatic imine (C=N–C) groups is 1. The highest BCUT2D eigenvalue weighted by Gasteiger charge is 2.17. The molecule has 124 valence electrons. The molecule has 0 radical (unpaired) electrons. The van der Waals surface area contributed by atoms with E-state index >= 15 is 0 Å². The second-order valence-corrected chi connectivity index (χ2v) is 5.77. The summed E-state index contributed by atoms with van der Waals surface area (Å²) < 4.78 is 15.1. The van der Waals surface area contributed by atoms with Crippen molar-refractivity contribution in [2.75, 3.05) is 14.1 Å². The van der Waals surface area contributed by atoms with Crippen LogP contribution in [0.5, 0.6) is 0 Å². The minimum Gasteiger partial charge on any atom is -0.369 e. The molecule has 0 saturated carbocycles. The van der Waals surface area contributed by atoms with Crippen molar-refractivity contribution < 1.29 is 4.39 Å². The van der Waals surface area contributed by atoms with Crippen LogP contribution in [0, 0.1) is 17.1 Å². The normalized spacial score (nSPS) is 10.8. The lowest BCUT2D eigenvalue weighted by atomic mass is 10.1. The molecule has 0 unspecified atom stereocenters. The number of halogens is 1. The number of nitrogens with zero attached hydrogens (tertiary/aromatic N) is 4. The molecule has 0 atom stereocenters. The fraction of sp³-hybridized carbons (Fsp3) is 0.100. The summed E-state index contributed by atoms with van der Waals surface area (Å²) in [6.45, 7) is 0. The molecule has 2 aromatic carbocycles. The molecule has 0 amide bonds. The third-order valence-corrected chi connectivity index (χ3v) is 3.69. The van der Waals surface area contributed by atoms with E-state index in [1.54, 1.807) is 27.9 Å². The van der Waals surface area contributed by atoms with Crippen molar-refractivity contribution in [3.63, 3.8) is 0 Å². The minimum atomic E-state index is -0.307. The molecule has 1 aromatic heterocycles. The van der Waals surface area contributed by atoms with E-state index in [0.717, 1.165) is 16.8 Å². The third kappa shape index (κ3) is 3.43. The van der Waals surface area contributed by atoms with Crippen molar-refractivity contribution in [1.82, 2.24) is 9.47 Å². The van der Waals surface area contributed by atoms with Crippen molar-refractivity contribution in [3.05, 3.63) is 72.2 Å². The van der Waals surface area contributed by atoms with E-state index in [-0.39, 0.29) is 5.82 Å². The van der Waals surface area contributed by atoms with Crippen LogP contribution in [0.25, 0.3) is 16.8 Å². The van der Waals surface area contributed by atoms with Gasteiger partial charge in [-0.3, -0.25) is 0 Å². The van der Waals surface area contributed by atoms with E-state index in [1.807, 2.05) is 50.6 Å². The van der Waals surface area contributed by atoms with E-state index in [0.29, 0.717) is 11.4 Å². The Bertz CT molecular complexity index is 932. The van der Waals surface area contributed by atoms with E-state index in [1.165, 1.54) is 12.1 Å². The van der Waals surface area contributed by atoms with E-state index in [9.17, 15) is 9.65 Å². The molecule has 0 fully saturated rings. The molecular weight excluding hydrogens is 315 g/mol. The molecule has 0 aliphatic heterocycles. The first kappa shape index (κ1) is 16.5. The molecule has 3 aromatic rings. The topological polar surface area (TPSA) is 44.3 Å². The molecule has 0 spiro atoms. The zero-order valence-corrected chi connectivity index (χ0v) is 14.0. The zero-order chi connectivity index (χ0) is 17.8. The van der Waals surface area contributed by atoms with Gasteiger partial charge in [0.25, 0.3) is 0 Å². The lowest BCUT2D eigenvalue weighted by Gasteiger charge is -2.07. The number of hydrogen-bond acceptors (Lipinski definition) is 2. The van der Waals surface area contributed by atoms with Gasteiger partial charge < -0.3 is 9.47 Å². The molecule has 1 heterocycles. The van der Waals surface area contributed by atoms with Gasteiger partial charge in [0, 0.05) is 31.5 Å². The van der Waals surface area contributed by atoms with Crippen LogP contribution in [0.1, 0.15) is 5.56 Å². The summed E-state index contributed by atoms with van der Waals surface area (Å²) in [6.07, 6.45) is 3.51. The van der Waals surface area contributed by atoms with Crippen LogP contribution in [-0.2, 0) is 0 Å². The van der Waals surface area contributed by atoms with Crippen LogP contribution < -0.4 is 0 Å². The molecule has 0 N–H and O–H groups in total. The molecule has 4 nitrogen and oxygen atoms in total. The largest absolute Gasteiger partial charge is 0.369 e. The quantitative estimate of drug-likeness (QED) is 0.526. The maximum Gasteiger partial charge on any atom is 0.157 e. The Kier molecular flexibility index (Phi) is 4.62. The van der Waals surface area contributed by atoms with Crippen LogP contribution in [0.15, 0.2) is 65.8 Å². The second-order valence-electron chi connectivity index (χ2n) is 5.77. The number of aromatic nitrogens is 1. The molecule has 0 aliphatic carbocycles. The van der Waals surface area contributed by atoms with Crippen molar-refractivity contribution in [2.45, 2.75) is 0 Å². The highest BCUT2D eigenvalue weighted by atomic mass is 19.1. The maximum atomic E-state index is 13.3. The summed E-state index contributed by atoms with van der Waals surface area (Å²) >= 11 is 0. The Labute approximate surface area is 146 Å². The van der Waals surface area contributed by atoms with Crippen molar-refractivity contribution in [1.29, 1.82) is 5.26 Å². The lowest BCUT2D eigenvalue weighted by molar-refractivity contribution is 0.627. The molecule has 0 bridgehead atoms. The highest BCUT2D eigenvalue weighted by molar-refractivity contribution is 5.79. The molecule has 25 heavy (non-hydrogen) atoms. The van der Waals surface area contributed by atoms with Gasteiger partial charge in [-0.25, -0.2) is 9.38 Å². The minimum absolute atomic E-state index is 0.307. The zero-order valence-electron chi connectivity index (χ0n) is 14.0. The fourth-order valence-electron chi connectivity index (χ4n) is 2.54. The van der Waals surface area contributed by atoms with E-state index in [2.05, 4.69) is 11.1 Å². The van der Waals surface area contributed by atoms with Crippen LogP contribution in [-0.4, -0.2) is 29.9 Å². The summed E-state index contributed by atoms with van der Waals surface area (Å²) in [5.74, 6) is 0.208. The summed E-state index contributed by atoms with van der Waals surface area (Å²) in [6, 6.07) is 18.1. The van der Waals surface area contributed by atoms with Crippen LogP contribution in [0.2, 0.25) is 0 Å². The van der Waals surface area contributed by atoms with Gasteiger partial charge in [-0.2, -0.15) is 5.26 Å². The third-order valence-electron chi connectivity index (χ3n) is 3.69. The molecule has 0 aliphatic rings. The first-order valence-corrected chi connectivity index (χ1v) is 7.77. The average Bonchev–Trinajstić information content (AvgIpc) is 3.00. The SMILES string of the molecule is CN(C)C=Nc1c(C#N)c(-c2ccccc2)cn1-c1ccc(F)cc1. The number of hydrogen-bond donors (Lipinski definition) is 0. The highest BCUT2D eigenvalue weighted by Crippen LogP contribution is 2.35. The van der Waals surface area contributed by atoms with Crippen LogP contribution in [0.3, 0.4) is 0 Å². The predicted octanol–water partition coefficient (Wildman–Crippen LogP) is 4.38. The smallest absolute Gasteiger partial charge is 0.157 e. The summed E-state index contributed by atoms with van der Waals surface area (Å²) in [4.78, 5) is 6.27. The van der Waals surface area contributed by atoms with E-state index in [4.69, 9.17) is 0 Å². The summed E-state index contributed by atoms with van der Waals surface area (Å²) in [5.41, 5.74) is 2.94. The first-order valence-electron chi connectivity index (χ1n) is 7.77. The summed E-state index contributed by atoms with van der Waals surface area (Å²) in [5, 5.41) is 9.72. The Balaban J connectivity index is 2.24. The Morgan fingerprint density at radius 1 is 1.08 bits per heavy atom. The van der Waals surface area contributed by atoms with Crippen molar-refractivity contribution >= 4 is 12.2 Å². The van der Waals surface area contributed by atoms with Crippen molar-refractivity contribution in [3.8, 4) is 22.9 Å². The van der Waals surface area contributed by atoms with Gasteiger partial charge in [-0.05, 0) is 29.8 Å².